The third-order valence-corrected chi connectivity index (χ3v) is 3.57. The van der Waals surface area contributed by atoms with Gasteiger partial charge in [0.25, 0.3) is 0 Å². The first-order chi connectivity index (χ1) is 9.86. The van der Waals surface area contributed by atoms with Crippen molar-refractivity contribution in [1.82, 2.24) is 19.3 Å². The zero-order chi connectivity index (χ0) is 15.7. The normalized spacial score (nSPS) is 12.4. The second-order valence-corrected chi connectivity index (χ2v) is 4.93. The summed E-state index contributed by atoms with van der Waals surface area (Å²) in [5.74, 6) is -1.68. The fourth-order valence-corrected chi connectivity index (χ4v) is 2.47. The Morgan fingerprint density at radius 1 is 1.43 bits per heavy atom. The molecule has 2 aromatic heterocycles. The van der Waals surface area contributed by atoms with Gasteiger partial charge < -0.3 is 5.11 Å². The molecule has 0 aliphatic carbocycles. The lowest BCUT2D eigenvalue weighted by molar-refractivity contribution is -0.138. The Bertz CT molecular complexity index is 745. The highest BCUT2D eigenvalue weighted by molar-refractivity contribution is 5.76. The molecular weight excluding hydrogens is 272 g/mol. The highest BCUT2D eigenvalue weighted by Gasteiger charge is 2.23. The van der Waals surface area contributed by atoms with Gasteiger partial charge in [0.05, 0.1) is 17.8 Å². The van der Waals surface area contributed by atoms with E-state index < -0.39 is 17.6 Å². The first-order valence-electron chi connectivity index (χ1n) is 6.72. The molecule has 2 aromatic rings. The van der Waals surface area contributed by atoms with Crippen LogP contribution in [0.5, 0.6) is 0 Å². The molecule has 0 fully saturated rings. The van der Waals surface area contributed by atoms with Gasteiger partial charge in [-0.2, -0.15) is 10.1 Å². The SMILES string of the molecule is CCn1cc(-n2c(C)c(C(C)C(=O)O)c(C)nc2=O)cn1. The van der Waals surface area contributed by atoms with Crippen LogP contribution in [0, 0.1) is 13.8 Å². The van der Waals surface area contributed by atoms with E-state index in [1.807, 2.05) is 6.92 Å². The van der Waals surface area contributed by atoms with E-state index in [0.29, 0.717) is 29.2 Å². The minimum Gasteiger partial charge on any atom is -0.481 e. The molecule has 1 atom stereocenters. The van der Waals surface area contributed by atoms with Gasteiger partial charge in [-0.15, -0.1) is 0 Å². The molecule has 21 heavy (non-hydrogen) atoms. The maximum Gasteiger partial charge on any atom is 0.352 e. The van der Waals surface area contributed by atoms with Crippen LogP contribution in [0.1, 0.15) is 36.7 Å². The highest BCUT2D eigenvalue weighted by atomic mass is 16.4. The summed E-state index contributed by atoms with van der Waals surface area (Å²) < 4.78 is 3.10. The van der Waals surface area contributed by atoms with Crippen molar-refractivity contribution < 1.29 is 9.90 Å². The number of carboxylic acids is 1. The lowest BCUT2D eigenvalue weighted by Gasteiger charge is -2.16. The Balaban J connectivity index is 2.69. The van der Waals surface area contributed by atoms with Gasteiger partial charge in [0.1, 0.15) is 0 Å². The van der Waals surface area contributed by atoms with Crippen molar-refractivity contribution in [3.8, 4) is 5.69 Å². The van der Waals surface area contributed by atoms with Crippen molar-refractivity contribution in [1.29, 1.82) is 0 Å². The number of hydrogen-bond acceptors (Lipinski definition) is 4. The quantitative estimate of drug-likeness (QED) is 0.915. The smallest absolute Gasteiger partial charge is 0.352 e. The number of nitrogens with zero attached hydrogens (tertiary/aromatic N) is 4. The summed E-state index contributed by atoms with van der Waals surface area (Å²) in [6, 6.07) is 0. The predicted molar refractivity (Wildman–Crippen MR) is 76.8 cm³/mol. The Morgan fingerprint density at radius 3 is 2.62 bits per heavy atom. The first kappa shape index (κ1) is 15.0. The van der Waals surface area contributed by atoms with Gasteiger partial charge >= 0.3 is 11.7 Å². The monoisotopic (exact) mass is 290 g/mol. The Labute approximate surface area is 121 Å². The molecule has 0 spiro atoms. The van der Waals surface area contributed by atoms with Crippen molar-refractivity contribution in [2.75, 3.05) is 0 Å². The Morgan fingerprint density at radius 2 is 2.10 bits per heavy atom. The average molecular weight is 290 g/mol. The van der Waals surface area contributed by atoms with Crippen molar-refractivity contribution in [3.05, 3.63) is 39.8 Å². The van der Waals surface area contributed by atoms with Crippen LogP contribution < -0.4 is 5.69 Å². The molecule has 2 heterocycles. The number of carbonyl (C=O) groups is 1. The molecule has 112 valence electrons. The van der Waals surface area contributed by atoms with Crippen LogP contribution in [0.25, 0.3) is 5.69 Å². The summed E-state index contributed by atoms with van der Waals surface area (Å²) >= 11 is 0. The van der Waals surface area contributed by atoms with E-state index in [4.69, 9.17) is 0 Å². The van der Waals surface area contributed by atoms with Crippen molar-refractivity contribution in [2.45, 2.75) is 40.2 Å². The third kappa shape index (κ3) is 2.58. The predicted octanol–water partition coefficient (Wildman–Crippen LogP) is 1.25. The summed E-state index contributed by atoms with van der Waals surface area (Å²) in [7, 11) is 0. The molecule has 0 radical (unpaired) electrons. The molecule has 0 aliphatic rings. The minimum absolute atomic E-state index is 0.429. The fraction of sp³-hybridized carbons (Fsp3) is 0.429. The van der Waals surface area contributed by atoms with Crippen molar-refractivity contribution in [2.24, 2.45) is 0 Å². The summed E-state index contributed by atoms with van der Waals surface area (Å²) in [5, 5.41) is 13.4. The highest BCUT2D eigenvalue weighted by Crippen LogP contribution is 2.22. The van der Waals surface area contributed by atoms with Gasteiger partial charge in [-0.3, -0.25) is 14.0 Å². The standard InChI is InChI=1S/C14H18N4O3/c1-5-17-7-11(6-15-17)18-10(4)12(8(2)13(19)20)9(3)16-14(18)21/h6-8H,5H2,1-4H3,(H,19,20). The molecule has 1 unspecified atom stereocenters. The summed E-state index contributed by atoms with van der Waals surface area (Å²) in [6.45, 7) is 7.60. The van der Waals surface area contributed by atoms with Crippen LogP contribution >= 0.6 is 0 Å². The third-order valence-electron chi connectivity index (χ3n) is 3.57. The molecule has 1 N–H and O–H groups in total. The fourth-order valence-electron chi connectivity index (χ4n) is 2.47. The summed E-state index contributed by atoms with van der Waals surface area (Å²) in [5.41, 5.74) is 1.75. The van der Waals surface area contributed by atoms with E-state index >= 15 is 0 Å². The second-order valence-electron chi connectivity index (χ2n) is 4.93. The van der Waals surface area contributed by atoms with Crippen LogP contribution in [0.15, 0.2) is 17.2 Å². The van der Waals surface area contributed by atoms with Gasteiger partial charge in [-0.1, -0.05) is 0 Å². The lowest BCUT2D eigenvalue weighted by Crippen LogP contribution is -2.28. The largest absolute Gasteiger partial charge is 0.481 e. The summed E-state index contributed by atoms with van der Waals surface area (Å²) in [4.78, 5) is 27.4. The van der Waals surface area contributed by atoms with Crippen molar-refractivity contribution in [3.63, 3.8) is 0 Å². The molecule has 0 bridgehead atoms. The van der Waals surface area contributed by atoms with E-state index in [1.54, 1.807) is 37.8 Å². The molecule has 7 heteroatoms. The number of rotatable bonds is 4. The minimum atomic E-state index is -0.947. The van der Waals surface area contributed by atoms with E-state index in [1.165, 1.54) is 4.57 Å². The van der Waals surface area contributed by atoms with Crippen LogP contribution in [0.2, 0.25) is 0 Å². The van der Waals surface area contributed by atoms with Gasteiger partial charge in [0.2, 0.25) is 0 Å². The zero-order valence-corrected chi connectivity index (χ0v) is 12.5. The molecule has 0 saturated heterocycles. The average Bonchev–Trinajstić information content (AvgIpc) is 2.86. The van der Waals surface area contributed by atoms with Crippen LogP contribution in [-0.2, 0) is 11.3 Å². The number of carboxylic acid groups (broad SMARTS) is 1. The number of aromatic nitrogens is 4. The van der Waals surface area contributed by atoms with E-state index in [-0.39, 0.29) is 0 Å². The van der Waals surface area contributed by atoms with Gasteiger partial charge in [0, 0.05) is 29.7 Å². The van der Waals surface area contributed by atoms with Crippen LogP contribution in [0.3, 0.4) is 0 Å². The molecule has 2 rings (SSSR count). The van der Waals surface area contributed by atoms with Crippen LogP contribution in [0.4, 0.5) is 0 Å². The molecule has 0 aromatic carbocycles. The molecule has 0 saturated carbocycles. The van der Waals surface area contributed by atoms with Gasteiger partial charge in [-0.05, 0) is 27.7 Å². The summed E-state index contributed by atoms with van der Waals surface area (Å²) in [6.07, 6.45) is 3.31. The van der Waals surface area contributed by atoms with E-state index in [0.717, 1.165) is 0 Å². The van der Waals surface area contributed by atoms with Crippen molar-refractivity contribution >= 4 is 5.97 Å². The second kappa shape index (κ2) is 5.51. The number of hydrogen-bond donors (Lipinski definition) is 1. The van der Waals surface area contributed by atoms with Gasteiger partial charge in [-0.25, -0.2) is 4.79 Å². The van der Waals surface area contributed by atoms with E-state index in [2.05, 4.69) is 10.1 Å². The number of aliphatic carboxylic acids is 1. The van der Waals surface area contributed by atoms with E-state index in [9.17, 15) is 14.7 Å². The zero-order valence-electron chi connectivity index (χ0n) is 12.5. The lowest BCUT2D eigenvalue weighted by atomic mass is 9.98. The maximum absolute atomic E-state index is 12.2. The number of aryl methyl sites for hydroxylation is 2. The Kier molecular flexibility index (Phi) is 3.93. The Hall–Kier alpha value is -2.44. The molecule has 0 amide bonds. The molecule has 0 aliphatic heterocycles. The first-order valence-corrected chi connectivity index (χ1v) is 6.72. The van der Waals surface area contributed by atoms with Crippen LogP contribution in [-0.4, -0.2) is 30.4 Å². The maximum atomic E-state index is 12.2. The molecular formula is C14H18N4O3. The molecule has 7 nitrogen and oxygen atoms in total. The van der Waals surface area contributed by atoms with Gasteiger partial charge in [0.15, 0.2) is 0 Å². The topological polar surface area (TPSA) is 90.0 Å².